The molecule has 0 bridgehead atoms. The third kappa shape index (κ3) is 5.27. The highest BCUT2D eigenvalue weighted by Crippen LogP contribution is 2.19. The molecule has 1 aromatic heterocycles. The molecule has 1 aromatic rings. The van der Waals surface area contributed by atoms with Crippen molar-refractivity contribution in [2.24, 2.45) is 11.8 Å². The number of nitrogens with one attached hydrogen (secondary N) is 1. The number of carbonyl (C=O) groups is 3. The number of nitrogens with zero attached hydrogens (tertiary/aromatic N) is 4. The van der Waals surface area contributed by atoms with E-state index in [9.17, 15) is 14.4 Å². The lowest BCUT2D eigenvalue weighted by Crippen LogP contribution is -2.46. The van der Waals surface area contributed by atoms with Crippen molar-refractivity contribution < 1.29 is 19.5 Å². The van der Waals surface area contributed by atoms with E-state index in [1.165, 1.54) is 10.9 Å². The van der Waals surface area contributed by atoms with Crippen molar-refractivity contribution >= 4 is 17.8 Å². The molecule has 0 aromatic carbocycles. The SMILES string of the molecule is CCC(C)C(=O)N1CCCC(C(=O)NCc2cn(CC(=O)O)nn2)C1. The molecule has 0 saturated carbocycles. The van der Waals surface area contributed by atoms with Gasteiger partial charge in [-0.1, -0.05) is 19.1 Å². The first kappa shape index (κ1) is 18.9. The second-order valence-electron chi connectivity index (χ2n) is 6.45. The molecule has 1 aliphatic rings. The molecule has 1 fully saturated rings. The molecule has 2 heterocycles. The van der Waals surface area contributed by atoms with Gasteiger partial charge in [-0.25, -0.2) is 4.68 Å². The van der Waals surface area contributed by atoms with E-state index in [4.69, 9.17) is 5.11 Å². The number of piperidine rings is 1. The molecular formula is C16H25N5O4. The van der Waals surface area contributed by atoms with E-state index in [-0.39, 0.29) is 36.7 Å². The Labute approximate surface area is 146 Å². The van der Waals surface area contributed by atoms with Crippen LogP contribution in [-0.2, 0) is 27.5 Å². The van der Waals surface area contributed by atoms with Crippen LogP contribution in [0, 0.1) is 11.8 Å². The van der Waals surface area contributed by atoms with Gasteiger partial charge in [0.25, 0.3) is 0 Å². The minimum Gasteiger partial charge on any atom is -0.480 e. The summed E-state index contributed by atoms with van der Waals surface area (Å²) in [6.07, 6.45) is 3.85. The smallest absolute Gasteiger partial charge is 0.325 e. The number of aliphatic carboxylic acids is 1. The lowest BCUT2D eigenvalue weighted by Gasteiger charge is -2.33. The summed E-state index contributed by atoms with van der Waals surface area (Å²) >= 11 is 0. The summed E-state index contributed by atoms with van der Waals surface area (Å²) in [6, 6.07) is 0. The van der Waals surface area contributed by atoms with Crippen LogP contribution < -0.4 is 5.32 Å². The van der Waals surface area contributed by atoms with Gasteiger partial charge in [0.2, 0.25) is 11.8 Å². The number of rotatable bonds is 7. The molecule has 2 unspecified atom stereocenters. The van der Waals surface area contributed by atoms with Gasteiger partial charge in [0.05, 0.1) is 18.7 Å². The zero-order valence-corrected chi connectivity index (χ0v) is 14.6. The maximum absolute atomic E-state index is 12.4. The van der Waals surface area contributed by atoms with Gasteiger partial charge in [-0.05, 0) is 19.3 Å². The Morgan fingerprint density at radius 1 is 1.44 bits per heavy atom. The van der Waals surface area contributed by atoms with Crippen LogP contribution in [0.25, 0.3) is 0 Å². The maximum Gasteiger partial charge on any atom is 0.325 e. The van der Waals surface area contributed by atoms with Crippen LogP contribution in [-0.4, -0.2) is 55.9 Å². The Hall–Kier alpha value is -2.45. The highest BCUT2D eigenvalue weighted by Gasteiger charge is 2.29. The third-order valence-corrected chi connectivity index (χ3v) is 4.46. The molecule has 2 N–H and O–H groups in total. The maximum atomic E-state index is 12.4. The van der Waals surface area contributed by atoms with E-state index in [1.54, 1.807) is 4.90 Å². The van der Waals surface area contributed by atoms with Gasteiger partial charge in [0, 0.05) is 19.0 Å². The van der Waals surface area contributed by atoms with Crippen LogP contribution in [0.3, 0.4) is 0 Å². The van der Waals surface area contributed by atoms with Crippen molar-refractivity contribution in [1.29, 1.82) is 0 Å². The summed E-state index contributed by atoms with van der Waals surface area (Å²) < 4.78 is 1.21. The first-order chi connectivity index (χ1) is 11.9. The van der Waals surface area contributed by atoms with Gasteiger partial charge in [-0.2, -0.15) is 0 Å². The predicted molar refractivity (Wildman–Crippen MR) is 88.3 cm³/mol. The average Bonchev–Trinajstić information content (AvgIpc) is 3.05. The Balaban J connectivity index is 1.84. The van der Waals surface area contributed by atoms with Crippen LogP contribution in [0.5, 0.6) is 0 Å². The highest BCUT2D eigenvalue weighted by molar-refractivity contribution is 5.82. The number of carboxylic acid groups (broad SMARTS) is 1. The van der Waals surface area contributed by atoms with E-state index in [1.807, 2.05) is 13.8 Å². The van der Waals surface area contributed by atoms with Gasteiger partial charge in [0.1, 0.15) is 12.2 Å². The average molecular weight is 351 g/mol. The lowest BCUT2D eigenvalue weighted by atomic mass is 9.95. The zero-order valence-electron chi connectivity index (χ0n) is 14.6. The molecule has 0 spiro atoms. The quantitative estimate of drug-likeness (QED) is 0.728. The number of carbonyl (C=O) groups excluding carboxylic acids is 2. The van der Waals surface area contributed by atoms with Crippen molar-refractivity contribution in [2.45, 2.75) is 46.2 Å². The highest BCUT2D eigenvalue weighted by atomic mass is 16.4. The van der Waals surface area contributed by atoms with E-state index in [0.717, 1.165) is 19.3 Å². The summed E-state index contributed by atoms with van der Waals surface area (Å²) in [6.45, 7) is 4.96. The molecule has 0 radical (unpaired) electrons. The fourth-order valence-corrected chi connectivity index (χ4v) is 2.84. The Kier molecular flexibility index (Phi) is 6.49. The normalized spacial score (nSPS) is 18.6. The van der Waals surface area contributed by atoms with Crippen LogP contribution in [0.2, 0.25) is 0 Å². The van der Waals surface area contributed by atoms with Gasteiger partial charge in [-0.3, -0.25) is 14.4 Å². The van der Waals surface area contributed by atoms with Crippen molar-refractivity contribution in [3.05, 3.63) is 11.9 Å². The van der Waals surface area contributed by atoms with Gasteiger partial charge < -0.3 is 15.3 Å². The summed E-state index contributed by atoms with van der Waals surface area (Å²) in [4.78, 5) is 37.1. The number of carboxylic acids is 1. The van der Waals surface area contributed by atoms with Gasteiger partial charge in [0.15, 0.2) is 0 Å². The first-order valence-electron chi connectivity index (χ1n) is 8.58. The number of aromatic nitrogens is 3. The molecule has 2 rings (SSSR count). The number of amides is 2. The summed E-state index contributed by atoms with van der Waals surface area (Å²) in [5.74, 6) is -1.26. The van der Waals surface area contributed by atoms with Crippen LogP contribution in [0.4, 0.5) is 0 Å². The zero-order chi connectivity index (χ0) is 18.4. The van der Waals surface area contributed by atoms with Gasteiger partial charge >= 0.3 is 5.97 Å². The molecule has 138 valence electrons. The van der Waals surface area contributed by atoms with Crippen LogP contribution >= 0.6 is 0 Å². The van der Waals surface area contributed by atoms with E-state index in [2.05, 4.69) is 15.6 Å². The Bertz CT molecular complexity index is 630. The molecule has 1 aliphatic heterocycles. The van der Waals surface area contributed by atoms with Crippen molar-refractivity contribution in [1.82, 2.24) is 25.2 Å². The van der Waals surface area contributed by atoms with E-state index < -0.39 is 5.97 Å². The molecule has 25 heavy (non-hydrogen) atoms. The largest absolute Gasteiger partial charge is 0.480 e. The second-order valence-corrected chi connectivity index (χ2v) is 6.45. The molecular weight excluding hydrogens is 326 g/mol. The minimum absolute atomic E-state index is 0.0221. The van der Waals surface area contributed by atoms with E-state index >= 15 is 0 Å². The molecule has 2 amide bonds. The Morgan fingerprint density at radius 2 is 2.20 bits per heavy atom. The molecule has 2 atom stereocenters. The van der Waals surface area contributed by atoms with Crippen LogP contribution in [0.1, 0.15) is 38.8 Å². The molecule has 9 nitrogen and oxygen atoms in total. The standard InChI is InChI=1S/C16H25N5O4/c1-3-11(2)16(25)20-6-4-5-12(8-20)15(24)17-7-13-9-21(19-18-13)10-14(22)23/h9,11-12H,3-8,10H2,1-2H3,(H,17,24)(H,22,23). The summed E-state index contributed by atoms with van der Waals surface area (Å²) in [7, 11) is 0. The number of hydrogen-bond donors (Lipinski definition) is 2. The van der Waals surface area contributed by atoms with Crippen molar-refractivity contribution in [3.8, 4) is 0 Å². The lowest BCUT2D eigenvalue weighted by molar-refractivity contribution is -0.139. The van der Waals surface area contributed by atoms with Crippen molar-refractivity contribution in [2.75, 3.05) is 13.1 Å². The fourth-order valence-electron chi connectivity index (χ4n) is 2.84. The summed E-state index contributed by atoms with van der Waals surface area (Å²) in [5, 5.41) is 19.0. The van der Waals surface area contributed by atoms with Gasteiger partial charge in [-0.15, -0.1) is 5.10 Å². The van der Waals surface area contributed by atoms with E-state index in [0.29, 0.717) is 18.8 Å². The molecule has 9 heteroatoms. The monoisotopic (exact) mass is 351 g/mol. The second kappa shape index (κ2) is 8.59. The molecule has 1 saturated heterocycles. The number of likely N-dealkylation sites (tertiary alicyclic amines) is 1. The Morgan fingerprint density at radius 3 is 2.88 bits per heavy atom. The van der Waals surface area contributed by atoms with Crippen LogP contribution in [0.15, 0.2) is 6.20 Å². The topological polar surface area (TPSA) is 117 Å². The van der Waals surface area contributed by atoms with Crippen molar-refractivity contribution in [3.63, 3.8) is 0 Å². The molecule has 0 aliphatic carbocycles. The third-order valence-electron chi connectivity index (χ3n) is 4.46. The minimum atomic E-state index is -1.01. The number of hydrogen-bond acceptors (Lipinski definition) is 5. The first-order valence-corrected chi connectivity index (χ1v) is 8.58. The fraction of sp³-hybridized carbons (Fsp3) is 0.688. The predicted octanol–water partition coefficient (Wildman–Crippen LogP) is 0.264. The summed E-state index contributed by atoms with van der Waals surface area (Å²) in [5.41, 5.74) is 0.498.